The van der Waals surface area contributed by atoms with Gasteiger partial charge in [-0.15, -0.1) is 0 Å². The summed E-state index contributed by atoms with van der Waals surface area (Å²) in [6.45, 7) is 4.43. The summed E-state index contributed by atoms with van der Waals surface area (Å²) in [4.78, 5) is 2.40. The first kappa shape index (κ1) is 10.8. The van der Waals surface area contributed by atoms with Crippen LogP contribution in [0, 0.1) is 0 Å². The molecule has 0 aromatic heterocycles. The second kappa shape index (κ2) is 5.38. The van der Waals surface area contributed by atoms with Crippen molar-refractivity contribution in [2.45, 2.75) is 12.8 Å². The van der Waals surface area contributed by atoms with Crippen LogP contribution in [0.2, 0.25) is 5.02 Å². The smallest absolute Gasteiger partial charge is 0.0426 e. The van der Waals surface area contributed by atoms with Crippen LogP contribution in [0.15, 0.2) is 24.3 Å². The third-order valence-corrected chi connectivity index (χ3v) is 3.00. The molecule has 0 radical (unpaired) electrons. The Morgan fingerprint density at radius 1 is 1.13 bits per heavy atom. The minimum atomic E-state index is 0.822. The fourth-order valence-corrected chi connectivity index (χ4v) is 2.12. The Balaban J connectivity index is 2.06. The quantitative estimate of drug-likeness (QED) is 0.789. The largest absolute Gasteiger partial charge is 0.370 e. The molecule has 1 saturated heterocycles. The zero-order valence-electron chi connectivity index (χ0n) is 8.88. The van der Waals surface area contributed by atoms with Crippen LogP contribution < -0.4 is 10.2 Å². The fourth-order valence-electron chi connectivity index (χ4n) is 1.93. The van der Waals surface area contributed by atoms with Gasteiger partial charge in [-0.1, -0.05) is 17.7 Å². The molecule has 3 heteroatoms. The average Bonchev–Trinajstić information content (AvgIpc) is 2.16. The molecule has 15 heavy (non-hydrogen) atoms. The van der Waals surface area contributed by atoms with E-state index in [1.807, 2.05) is 18.2 Å². The van der Waals surface area contributed by atoms with Gasteiger partial charge < -0.3 is 10.2 Å². The minimum Gasteiger partial charge on any atom is -0.370 e. The highest BCUT2D eigenvalue weighted by Crippen LogP contribution is 2.19. The van der Waals surface area contributed by atoms with Gasteiger partial charge in [0.15, 0.2) is 0 Å². The van der Waals surface area contributed by atoms with E-state index in [0.717, 1.165) is 31.2 Å². The van der Waals surface area contributed by atoms with Gasteiger partial charge in [0.05, 0.1) is 0 Å². The number of nitrogens with zero attached hydrogens (tertiary/aromatic N) is 1. The van der Waals surface area contributed by atoms with E-state index >= 15 is 0 Å². The molecule has 0 spiro atoms. The van der Waals surface area contributed by atoms with Crippen LogP contribution in [0.25, 0.3) is 0 Å². The van der Waals surface area contributed by atoms with Crippen molar-refractivity contribution in [3.8, 4) is 0 Å². The van der Waals surface area contributed by atoms with E-state index < -0.39 is 0 Å². The first-order chi connectivity index (χ1) is 7.36. The lowest BCUT2D eigenvalue weighted by molar-refractivity contribution is 0.567. The maximum atomic E-state index is 5.99. The van der Waals surface area contributed by atoms with Gasteiger partial charge in [-0.2, -0.15) is 0 Å². The molecule has 0 atom stereocenters. The molecule has 0 saturated carbocycles. The number of hydrogen-bond donors (Lipinski definition) is 1. The number of benzene rings is 1. The normalized spacial score (nSPS) is 18.3. The Hall–Kier alpha value is -0.730. The zero-order valence-corrected chi connectivity index (χ0v) is 9.63. The monoisotopic (exact) mass is 224 g/mol. The molecular weight excluding hydrogens is 208 g/mol. The molecule has 0 aliphatic carbocycles. The van der Waals surface area contributed by atoms with Gasteiger partial charge in [-0.25, -0.2) is 0 Å². The van der Waals surface area contributed by atoms with Crippen LogP contribution >= 0.6 is 11.6 Å². The lowest BCUT2D eigenvalue weighted by Crippen LogP contribution is -2.36. The predicted octanol–water partition coefficient (Wildman–Crippen LogP) is 2.53. The number of halogens is 1. The van der Waals surface area contributed by atoms with Gasteiger partial charge in [0, 0.05) is 30.3 Å². The van der Waals surface area contributed by atoms with Gasteiger partial charge in [0.2, 0.25) is 0 Å². The van der Waals surface area contributed by atoms with Crippen LogP contribution in [0.3, 0.4) is 0 Å². The summed E-state index contributed by atoms with van der Waals surface area (Å²) in [7, 11) is 0. The first-order valence-electron chi connectivity index (χ1n) is 5.57. The Bertz CT molecular complexity index is 306. The highest BCUT2D eigenvalue weighted by atomic mass is 35.5. The summed E-state index contributed by atoms with van der Waals surface area (Å²) >= 11 is 5.99. The fraction of sp³-hybridized carbons (Fsp3) is 0.500. The summed E-state index contributed by atoms with van der Waals surface area (Å²) < 4.78 is 0. The van der Waals surface area contributed by atoms with Crippen LogP contribution in [-0.2, 0) is 0 Å². The van der Waals surface area contributed by atoms with Crippen molar-refractivity contribution >= 4 is 17.3 Å². The lowest BCUT2D eigenvalue weighted by Gasteiger charge is -2.27. The molecule has 1 aliphatic heterocycles. The van der Waals surface area contributed by atoms with Crippen molar-refractivity contribution in [1.82, 2.24) is 5.32 Å². The molecule has 0 amide bonds. The summed E-state index contributed by atoms with van der Waals surface area (Å²) in [5, 5.41) is 4.25. The second-order valence-electron chi connectivity index (χ2n) is 3.92. The summed E-state index contributed by atoms with van der Waals surface area (Å²) in [6, 6.07) is 8.12. The molecule has 1 aromatic carbocycles. The molecule has 0 unspecified atom stereocenters. The van der Waals surface area contributed by atoms with E-state index in [-0.39, 0.29) is 0 Å². The van der Waals surface area contributed by atoms with Gasteiger partial charge >= 0.3 is 0 Å². The lowest BCUT2D eigenvalue weighted by atomic mass is 10.2. The van der Waals surface area contributed by atoms with Crippen molar-refractivity contribution in [3.05, 3.63) is 29.3 Å². The average molecular weight is 225 g/mol. The van der Waals surface area contributed by atoms with Crippen LogP contribution in [0.5, 0.6) is 0 Å². The van der Waals surface area contributed by atoms with Crippen molar-refractivity contribution in [2.24, 2.45) is 0 Å². The van der Waals surface area contributed by atoms with Gasteiger partial charge in [0.1, 0.15) is 0 Å². The summed E-state index contributed by atoms with van der Waals surface area (Å²) in [5.74, 6) is 0. The van der Waals surface area contributed by atoms with E-state index in [4.69, 9.17) is 11.6 Å². The summed E-state index contributed by atoms with van der Waals surface area (Å²) in [6.07, 6.45) is 2.51. The Kier molecular flexibility index (Phi) is 3.87. The van der Waals surface area contributed by atoms with E-state index in [1.165, 1.54) is 18.5 Å². The molecule has 1 N–H and O–H groups in total. The molecule has 1 aliphatic rings. The topological polar surface area (TPSA) is 15.3 Å². The molecule has 1 aromatic rings. The van der Waals surface area contributed by atoms with E-state index in [9.17, 15) is 0 Å². The Morgan fingerprint density at radius 2 is 2.07 bits per heavy atom. The maximum absolute atomic E-state index is 5.99. The van der Waals surface area contributed by atoms with E-state index in [1.54, 1.807) is 0 Å². The van der Waals surface area contributed by atoms with Crippen molar-refractivity contribution in [1.29, 1.82) is 0 Å². The molecule has 0 bridgehead atoms. The standard InChI is InChI=1S/C12H17ClN2/c13-11-4-3-5-12(10-11)15-8-2-1-6-14-7-9-15/h3-5,10,14H,1-2,6-9H2. The predicted molar refractivity (Wildman–Crippen MR) is 65.8 cm³/mol. The summed E-state index contributed by atoms with van der Waals surface area (Å²) in [5.41, 5.74) is 1.24. The SMILES string of the molecule is Clc1cccc(N2CCCCNCC2)c1. The third-order valence-electron chi connectivity index (χ3n) is 2.76. The molecule has 2 nitrogen and oxygen atoms in total. The zero-order chi connectivity index (χ0) is 10.5. The molecule has 2 rings (SSSR count). The number of hydrogen-bond acceptors (Lipinski definition) is 2. The minimum absolute atomic E-state index is 0.822. The first-order valence-corrected chi connectivity index (χ1v) is 5.95. The molecular formula is C12H17ClN2. The van der Waals surface area contributed by atoms with Crippen LogP contribution in [0.1, 0.15) is 12.8 Å². The van der Waals surface area contributed by atoms with Crippen LogP contribution in [-0.4, -0.2) is 26.2 Å². The molecule has 1 heterocycles. The molecule has 82 valence electrons. The number of anilines is 1. The van der Waals surface area contributed by atoms with Gasteiger partial charge in [-0.3, -0.25) is 0 Å². The van der Waals surface area contributed by atoms with Crippen molar-refractivity contribution < 1.29 is 0 Å². The van der Waals surface area contributed by atoms with Crippen LogP contribution in [0.4, 0.5) is 5.69 Å². The second-order valence-corrected chi connectivity index (χ2v) is 4.36. The maximum Gasteiger partial charge on any atom is 0.0426 e. The Morgan fingerprint density at radius 3 is 2.93 bits per heavy atom. The van der Waals surface area contributed by atoms with Crippen molar-refractivity contribution in [3.63, 3.8) is 0 Å². The van der Waals surface area contributed by atoms with Gasteiger partial charge in [0.25, 0.3) is 0 Å². The third kappa shape index (κ3) is 3.11. The highest BCUT2D eigenvalue weighted by molar-refractivity contribution is 6.30. The van der Waals surface area contributed by atoms with E-state index in [2.05, 4.69) is 16.3 Å². The van der Waals surface area contributed by atoms with Gasteiger partial charge in [-0.05, 0) is 37.6 Å². The number of nitrogens with one attached hydrogen (secondary N) is 1. The number of rotatable bonds is 1. The Labute approximate surface area is 96.2 Å². The molecule has 1 fully saturated rings. The van der Waals surface area contributed by atoms with E-state index in [0.29, 0.717) is 0 Å². The van der Waals surface area contributed by atoms with Crippen molar-refractivity contribution in [2.75, 3.05) is 31.1 Å². The highest BCUT2D eigenvalue weighted by Gasteiger charge is 2.08.